The summed E-state index contributed by atoms with van der Waals surface area (Å²) in [6, 6.07) is 5.53. The van der Waals surface area contributed by atoms with Gasteiger partial charge >= 0.3 is 5.97 Å². The Morgan fingerprint density at radius 2 is 2.00 bits per heavy atom. The van der Waals surface area contributed by atoms with Crippen LogP contribution in [-0.4, -0.2) is 54.7 Å². The van der Waals surface area contributed by atoms with Crippen molar-refractivity contribution in [2.75, 3.05) is 19.7 Å². The molecule has 8 heteroatoms. The van der Waals surface area contributed by atoms with Crippen molar-refractivity contribution in [3.05, 3.63) is 24.3 Å². The molecule has 0 saturated carbocycles. The summed E-state index contributed by atoms with van der Waals surface area (Å²) in [5, 5.41) is 17.9. The highest BCUT2D eigenvalue weighted by atomic mass is 32.2. The van der Waals surface area contributed by atoms with Crippen molar-refractivity contribution < 1.29 is 28.2 Å². The average molecular weight is 301 g/mol. The lowest BCUT2D eigenvalue weighted by molar-refractivity contribution is -0.139. The second-order valence-electron chi connectivity index (χ2n) is 4.46. The maximum absolute atomic E-state index is 12.2. The van der Waals surface area contributed by atoms with Gasteiger partial charge in [-0.15, -0.1) is 0 Å². The molecular formula is C12H15NO6S. The van der Waals surface area contributed by atoms with Crippen molar-refractivity contribution in [3.63, 3.8) is 0 Å². The van der Waals surface area contributed by atoms with Crippen LogP contribution in [0, 0.1) is 0 Å². The van der Waals surface area contributed by atoms with Gasteiger partial charge in [0.25, 0.3) is 0 Å². The summed E-state index contributed by atoms with van der Waals surface area (Å²) < 4.78 is 30.6. The fourth-order valence-corrected chi connectivity index (χ4v) is 3.42. The molecule has 20 heavy (non-hydrogen) atoms. The molecule has 1 saturated heterocycles. The third kappa shape index (κ3) is 3.27. The lowest BCUT2D eigenvalue weighted by Gasteiger charge is -2.15. The Kier molecular flexibility index (Phi) is 4.26. The topological polar surface area (TPSA) is 104 Å². The van der Waals surface area contributed by atoms with Gasteiger partial charge < -0.3 is 14.9 Å². The number of ether oxygens (including phenoxy) is 1. The van der Waals surface area contributed by atoms with Gasteiger partial charge in [0, 0.05) is 13.1 Å². The van der Waals surface area contributed by atoms with E-state index in [2.05, 4.69) is 0 Å². The molecular weight excluding hydrogens is 286 g/mol. The van der Waals surface area contributed by atoms with Gasteiger partial charge in [-0.05, 0) is 30.7 Å². The molecule has 1 aliphatic rings. The molecule has 1 atom stereocenters. The van der Waals surface area contributed by atoms with Gasteiger partial charge in [0.15, 0.2) is 6.61 Å². The maximum Gasteiger partial charge on any atom is 0.341 e. The van der Waals surface area contributed by atoms with Crippen LogP contribution in [0.4, 0.5) is 0 Å². The highest BCUT2D eigenvalue weighted by Gasteiger charge is 2.31. The molecule has 0 spiro atoms. The molecule has 1 aromatic rings. The van der Waals surface area contributed by atoms with E-state index in [1.54, 1.807) is 0 Å². The predicted octanol–water partition coefficient (Wildman–Crippen LogP) is -0.0947. The Morgan fingerprint density at radius 3 is 2.50 bits per heavy atom. The first-order valence-electron chi connectivity index (χ1n) is 6.02. The first kappa shape index (κ1) is 14.8. The Hall–Kier alpha value is -1.64. The van der Waals surface area contributed by atoms with Gasteiger partial charge in [0.2, 0.25) is 10.0 Å². The lowest BCUT2D eigenvalue weighted by atomic mass is 10.3. The fraction of sp³-hybridized carbons (Fsp3) is 0.417. The molecule has 0 aromatic heterocycles. The van der Waals surface area contributed by atoms with Crippen LogP contribution in [0.25, 0.3) is 0 Å². The van der Waals surface area contributed by atoms with Crippen LogP contribution in [0.5, 0.6) is 5.75 Å². The zero-order valence-corrected chi connectivity index (χ0v) is 11.4. The summed E-state index contributed by atoms with van der Waals surface area (Å²) in [5.74, 6) is -0.819. The number of carboxylic acids is 1. The minimum atomic E-state index is -3.62. The standard InChI is InChI=1S/C12H15NO6S/c14-9-5-6-13(7-9)20(17,18)11-3-1-10(2-4-11)19-8-12(15)16/h1-4,9,14H,5-8H2,(H,15,16). The summed E-state index contributed by atoms with van der Waals surface area (Å²) in [6.45, 7) is -0.0925. The van der Waals surface area contributed by atoms with Crippen LogP contribution >= 0.6 is 0 Å². The maximum atomic E-state index is 12.2. The number of nitrogens with zero attached hydrogens (tertiary/aromatic N) is 1. The number of carboxylic acid groups (broad SMARTS) is 1. The van der Waals surface area contributed by atoms with Crippen LogP contribution < -0.4 is 4.74 Å². The van der Waals surface area contributed by atoms with E-state index in [9.17, 15) is 18.3 Å². The second-order valence-corrected chi connectivity index (χ2v) is 6.40. The largest absolute Gasteiger partial charge is 0.482 e. The molecule has 0 amide bonds. The molecule has 2 N–H and O–H groups in total. The summed E-state index contributed by atoms with van der Waals surface area (Å²) in [5.41, 5.74) is 0. The number of aliphatic hydroxyl groups is 1. The predicted molar refractivity (Wildman–Crippen MR) is 69.0 cm³/mol. The van der Waals surface area contributed by atoms with Crippen LogP contribution in [0.2, 0.25) is 0 Å². The van der Waals surface area contributed by atoms with Crippen LogP contribution in [0.15, 0.2) is 29.2 Å². The summed E-state index contributed by atoms with van der Waals surface area (Å²) >= 11 is 0. The smallest absolute Gasteiger partial charge is 0.341 e. The van der Waals surface area contributed by atoms with Crippen LogP contribution in [0.3, 0.4) is 0 Å². The molecule has 0 radical (unpaired) electrons. The molecule has 1 fully saturated rings. The number of aliphatic carboxylic acids is 1. The van der Waals surface area contributed by atoms with Gasteiger partial charge in [-0.3, -0.25) is 0 Å². The average Bonchev–Trinajstić information content (AvgIpc) is 2.84. The Balaban J connectivity index is 2.11. The number of β-amino-alcohol motifs (C(OH)–C–C–N with tert-alkyl or cyclic N) is 1. The number of carbonyl (C=O) groups is 1. The highest BCUT2D eigenvalue weighted by Crippen LogP contribution is 2.23. The molecule has 1 aromatic carbocycles. The SMILES string of the molecule is O=C(O)COc1ccc(S(=O)(=O)N2CCC(O)C2)cc1. The van der Waals surface area contributed by atoms with Crippen molar-refractivity contribution in [1.29, 1.82) is 0 Å². The monoisotopic (exact) mass is 301 g/mol. The van der Waals surface area contributed by atoms with E-state index in [-0.39, 0.29) is 17.2 Å². The van der Waals surface area contributed by atoms with Crippen LogP contribution in [-0.2, 0) is 14.8 Å². The summed E-state index contributed by atoms with van der Waals surface area (Å²) in [7, 11) is -3.62. The molecule has 0 aliphatic carbocycles. The minimum Gasteiger partial charge on any atom is -0.482 e. The molecule has 110 valence electrons. The van der Waals surface area contributed by atoms with E-state index in [1.807, 2.05) is 0 Å². The Bertz CT molecular complexity index is 582. The summed E-state index contributed by atoms with van der Waals surface area (Å²) in [6.07, 6.45) is -0.193. The van der Waals surface area contributed by atoms with Crippen molar-refractivity contribution in [2.45, 2.75) is 17.4 Å². The summed E-state index contributed by atoms with van der Waals surface area (Å²) in [4.78, 5) is 10.4. The number of sulfonamides is 1. The third-order valence-electron chi connectivity index (χ3n) is 2.95. The van der Waals surface area contributed by atoms with Gasteiger partial charge in [-0.25, -0.2) is 13.2 Å². The van der Waals surface area contributed by atoms with Gasteiger partial charge in [0.05, 0.1) is 11.0 Å². The van der Waals surface area contributed by atoms with Crippen molar-refractivity contribution >= 4 is 16.0 Å². The molecule has 1 heterocycles. The Morgan fingerprint density at radius 1 is 1.35 bits per heavy atom. The zero-order valence-electron chi connectivity index (χ0n) is 10.6. The highest BCUT2D eigenvalue weighted by molar-refractivity contribution is 7.89. The van der Waals surface area contributed by atoms with E-state index in [1.165, 1.54) is 28.6 Å². The van der Waals surface area contributed by atoms with E-state index >= 15 is 0 Å². The van der Waals surface area contributed by atoms with E-state index in [0.717, 1.165) is 0 Å². The van der Waals surface area contributed by atoms with E-state index in [4.69, 9.17) is 9.84 Å². The van der Waals surface area contributed by atoms with Crippen molar-refractivity contribution in [3.8, 4) is 5.75 Å². The number of hydrogen-bond acceptors (Lipinski definition) is 5. The Labute approximate surface area is 116 Å². The lowest BCUT2D eigenvalue weighted by Crippen LogP contribution is -2.29. The number of rotatable bonds is 5. The number of hydrogen-bond donors (Lipinski definition) is 2. The molecule has 0 bridgehead atoms. The second kappa shape index (κ2) is 5.78. The first-order valence-corrected chi connectivity index (χ1v) is 7.46. The van der Waals surface area contributed by atoms with Gasteiger partial charge in [-0.2, -0.15) is 4.31 Å². The van der Waals surface area contributed by atoms with Crippen LogP contribution in [0.1, 0.15) is 6.42 Å². The van der Waals surface area contributed by atoms with E-state index < -0.39 is 28.7 Å². The normalized spacial score (nSPS) is 19.9. The van der Waals surface area contributed by atoms with E-state index in [0.29, 0.717) is 13.0 Å². The zero-order chi connectivity index (χ0) is 14.8. The fourth-order valence-electron chi connectivity index (χ4n) is 1.93. The third-order valence-corrected chi connectivity index (χ3v) is 4.83. The molecule has 1 unspecified atom stereocenters. The molecule has 1 aliphatic heterocycles. The minimum absolute atomic E-state index is 0.0919. The van der Waals surface area contributed by atoms with Crippen molar-refractivity contribution in [2.24, 2.45) is 0 Å². The van der Waals surface area contributed by atoms with Gasteiger partial charge in [0.1, 0.15) is 5.75 Å². The number of benzene rings is 1. The molecule has 2 rings (SSSR count). The molecule has 7 nitrogen and oxygen atoms in total. The van der Waals surface area contributed by atoms with Crippen molar-refractivity contribution in [1.82, 2.24) is 4.31 Å². The quantitative estimate of drug-likeness (QED) is 0.787. The number of aliphatic hydroxyl groups excluding tert-OH is 1. The van der Waals surface area contributed by atoms with Gasteiger partial charge in [-0.1, -0.05) is 0 Å². The first-order chi connectivity index (χ1) is 9.39.